The third kappa shape index (κ3) is 2.42. The maximum atomic E-state index is 13.1. The monoisotopic (exact) mass is 314 g/mol. The Morgan fingerprint density at radius 1 is 1.56 bits per heavy atom. The normalized spacial score (nSPS) is 23.8. The molecule has 5 heteroatoms. The van der Waals surface area contributed by atoms with Gasteiger partial charge in [0.05, 0.1) is 6.04 Å². The van der Waals surface area contributed by atoms with E-state index in [1.54, 1.807) is 11.0 Å². The van der Waals surface area contributed by atoms with Crippen molar-refractivity contribution in [3.05, 3.63) is 34.1 Å². The molecule has 1 amide bonds. The lowest BCUT2D eigenvalue weighted by molar-refractivity contribution is -0.129. The third-order valence-corrected chi connectivity index (χ3v) is 3.90. The van der Waals surface area contributed by atoms with Crippen molar-refractivity contribution in [2.24, 2.45) is 5.73 Å². The van der Waals surface area contributed by atoms with E-state index in [0.29, 0.717) is 17.4 Å². The van der Waals surface area contributed by atoms with Gasteiger partial charge in [0.1, 0.15) is 5.82 Å². The van der Waals surface area contributed by atoms with Gasteiger partial charge in [-0.05, 0) is 24.1 Å². The van der Waals surface area contributed by atoms with Gasteiger partial charge in [-0.2, -0.15) is 0 Å². The summed E-state index contributed by atoms with van der Waals surface area (Å²) in [6.07, 6.45) is 1.24. The molecule has 0 saturated carbocycles. The molecule has 2 N–H and O–H groups in total. The van der Waals surface area contributed by atoms with Gasteiger partial charge in [0, 0.05) is 23.5 Å². The number of likely N-dealkylation sites (tertiary alicyclic amines) is 1. The van der Waals surface area contributed by atoms with Crippen LogP contribution in [0.15, 0.2) is 22.7 Å². The van der Waals surface area contributed by atoms with Crippen LogP contribution in [0.3, 0.4) is 0 Å². The lowest BCUT2D eigenvalue weighted by Crippen LogP contribution is -2.33. The molecule has 18 heavy (non-hydrogen) atoms. The molecule has 1 fully saturated rings. The number of nitrogens with zero attached hydrogens (tertiary/aromatic N) is 1. The molecule has 98 valence electrons. The molecule has 1 saturated heterocycles. The van der Waals surface area contributed by atoms with Gasteiger partial charge in [0.15, 0.2) is 0 Å². The fraction of sp³-hybridized carbons (Fsp3) is 0.462. The van der Waals surface area contributed by atoms with Crippen LogP contribution < -0.4 is 5.73 Å². The second-order valence-corrected chi connectivity index (χ2v) is 5.42. The highest BCUT2D eigenvalue weighted by atomic mass is 79.9. The van der Waals surface area contributed by atoms with Gasteiger partial charge in [-0.25, -0.2) is 4.39 Å². The third-order valence-electron chi connectivity index (χ3n) is 3.22. The first-order chi connectivity index (χ1) is 8.54. The summed E-state index contributed by atoms with van der Waals surface area (Å²) in [4.78, 5) is 13.7. The van der Waals surface area contributed by atoms with Gasteiger partial charge in [-0.15, -0.1) is 0 Å². The maximum Gasteiger partial charge on any atom is 0.224 e. The molecule has 1 heterocycles. The van der Waals surface area contributed by atoms with Crippen molar-refractivity contribution in [3.8, 4) is 0 Å². The van der Waals surface area contributed by atoms with Crippen LogP contribution in [0, 0.1) is 5.82 Å². The van der Waals surface area contributed by atoms with E-state index in [4.69, 9.17) is 5.73 Å². The highest BCUT2D eigenvalue weighted by Gasteiger charge is 2.38. The van der Waals surface area contributed by atoms with E-state index in [9.17, 15) is 9.18 Å². The van der Waals surface area contributed by atoms with Gasteiger partial charge in [-0.1, -0.05) is 28.9 Å². The number of hydrogen-bond acceptors (Lipinski definition) is 2. The van der Waals surface area contributed by atoms with Crippen LogP contribution in [0.5, 0.6) is 0 Å². The van der Waals surface area contributed by atoms with Gasteiger partial charge < -0.3 is 10.6 Å². The zero-order chi connectivity index (χ0) is 13.3. The van der Waals surface area contributed by atoms with E-state index in [1.165, 1.54) is 12.1 Å². The van der Waals surface area contributed by atoms with Gasteiger partial charge in [0.25, 0.3) is 0 Å². The number of carbonyl (C=O) groups excluding carboxylic acids is 1. The average molecular weight is 315 g/mol. The summed E-state index contributed by atoms with van der Waals surface area (Å²) in [5.74, 6) is -0.226. The van der Waals surface area contributed by atoms with Crippen molar-refractivity contribution in [3.63, 3.8) is 0 Å². The van der Waals surface area contributed by atoms with E-state index >= 15 is 0 Å². The quantitative estimate of drug-likeness (QED) is 0.932. The summed E-state index contributed by atoms with van der Waals surface area (Å²) in [6, 6.07) is 4.12. The van der Waals surface area contributed by atoms with Gasteiger partial charge >= 0.3 is 0 Å². The number of carbonyl (C=O) groups is 1. The van der Waals surface area contributed by atoms with Crippen LogP contribution in [-0.2, 0) is 4.79 Å². The Morgan fingerprint density at radius 3 is 2.89 bits per heavy atom. The number of halogens is 2. The SMILES string of the molecule is CCCN1C(=O)CC(N)C1c1ccc(F)cc1Br. The number of nitrogens with two attached hydrogens (primary N) is 1. The van der Waals surface area contributed by atoms with E-state index in [0.717, 1.165) is 12.0 Å². The minimum absolute atomic E-state index is 0.0746. The van der Waals surface area contributed by atoms with Gasteiger partial charge in [-0.3, -0.25) is 4.79 Å². The molecule has 0 bridgehead atoms. The zero-order valence-electron chi connectivity index (χ0n) is 10.2. The Labute approximate surface area is 114 Å². The highest BCUT2D eigenvalue weighted by molar-refractivity contribution is 9.10. The van der Waals surface area contributed by atoms with Crippen LogP contribution in [0.4, 0.5) is 4.39 Å². The minimum Gasteiger partial charge on any atom is -0.334 e. The number of rotatable bonds is 3. The average Bonchev–Trinajstić information content (AvgIpc) is 2.56. The van der Waals surface area contributed by atoms with E-state index in [2.05, 4.69) is 15.9 Å². The van der Waals surface area contributed by atoms with E-state index in [1.807, 2.05) is 6.92 Å². The number of benzene rings is 1. The summed E-state index contributed by atoms with van der Waals surface area (Å²) < 4.78 is 13.8. The van der Waals surface area contributed by atoms with Crippen molar-refractivity contribution < 1.29 is 9.18 Å². The second-order valence-electron chi connectivity index (χ2n) is 4.57. The van der Waals surface area contributed by atoms with Gasteiger partial charge in [0.2, 0.25) is 5.91 Å². The molecule has 0 aliphatic carbocycles. The summed E-state index contributed by atoms with van der Waals surface area (Å²) in [5, 5.41) is 0. The largest absolute Gasteiger partial charge is 0.334 e. The minimum atomic E-state index is -0.300. The Kier molecular flexibility index (Phi) is 4.02. The van der Waals surface area contributed by atoms with E-state index < -0.39 is 0 Å². The first-order valence-corrected chi connectivity index (χ1v) is 6.84. The van der Waals surface area contributed by atoms with Crippen LogP contribution >= 0.6 is 15.9 Å². The topological polar surface area (TPSA) is 46.3 Å². The van der Waals surface area contributed by atoms with E-state index in [-0.39, 0.29) is 23.8 Å². The molecule has 1 aromatic rings. The number of amides is 1. The Balaban J connectivity index is 2.37. The molecule has 2 atom stereocenters. The fourth-order valence-electron chi connectivity index (χ4n) is 2.46. The predicted octanol–water partition coefficient (Wildman–Crippen LogP) is 2.60. The van der Waals surface area contributed by atoms with Crippen LogP contribution in [0.25, 0.3) is 0 Å². The molecule has 2 rings (SSSR count). The van der Waals surface area contributed by atoms with Crippen molar-refractivity contribution in [1.29, 1.82) is 0 Å². The second kappa shape index (κ2) is 5.36. The smallest absolute Gasteiger partial charge is 0.224 e. The molecule has 1 aliphatic rings. The van der Waals surface area contributed by atoms with Crippen molar-refractivity contribution >= 4 is 21.8 Å². The molecule has 0 radical (unpaired) electrons. The van der Waals surface area contributed by atoms with Crippen molar-refractivity contribution in [2.45, 2.75) is 31.8 Å². The summed E-state index contributed by atoms with van der Waals surface area (Å²) in [7, 11) is 0. The molecule has 1 aliphatic heterocycles. The Morgan fingerprint density at radius 2 is 2.28 bits per heavy atom. The zero-order valence-corrected chi connectivity index (χ0v) is 11.8. The molecule has 1 aromatic carbocycles. The Bertz CT molecular complexity index is 466. The molecule has 0 spiro atoms. The molecular formula is C13H16BrFN2O. The fourth-order valence-corrected chi connectivity index (χ4v) is 3.05. The summed E-state index contributed by atoms with van der Waals surface area (Å²) in [6.45, 7) is 2.70. The van der Waals surface area contributed by atoms with Crippen LogP contribution in [0.2, 0.25) is 0 Å². The lowest BCUT2D eigenvalue weighted by Gasteiger charge is -2.27. The van der Waals surface area contributed by atoms with Crippen molar-refractivity contribution in [1.82, 2.24) is 4.90 Å². The van der Waals surface area contributed by atoms with Crippen LogP contribution in [-0.4, -0.2) is 23.4 Å². The maximum absolute atomic E-state index is 13.1. The van der Waals surface area contributed by atoms with Crippen molar-refractivity contribution in [2.75, 3.05) is 6.54 Å². The predicted molar refractivity (Wildman–Crippen MR) is 71.4 cm³/mol. The molecule has 3 nitrogen and oxygen atoms in total. The first-order valence-electron chi connectivity index (χ1n) is 6.04. The lowest BCUT2D eigenvalue weighted by atomic mass is 10.0. The summed E-state index contributed by atoms with van der Waals surface area (Å²) in [5.41, 5.74) is 6.93. The summed E-state index contributed by atoms with van der Waals surface area (Å²) >= 11 is 3.35. The first kappa shape index (κ1) is 13.5. The molecule has 0 aromatic heterocycles. The Hall–Kier alpha value is -0.940. The van der Waals surface area contributed by atoms with Crippen LogP contribution in [0.1, 0.15) is 31.4 Å². The number of hydrogen-bond donors (Lipinski definition) is 1. The molecule has 2 unspecified atom stereocenters. The molecular weight excluding hydrogens is 299 g/mol. The highest BCUT2D eigenvalue weighted by Crippen LogP contribution is 2.36. The standard InChI is InChI=1S/C13H16BrFN2O/c1-2-5-17-12(18)7-11(16)13(17)9-4-3-8(15)6-10(9)14/h3-4,6,11,13H,2,5,7,16H2,1H3.